The fourth-order valence-electron chi connectivity index (χ4n) is 1.88. The Morgan fingerprint density at radius 1 is 1.21 bits per heavy atom. The van der Waals surface area contributed by atoms with Gasteiger partial charge in [-0.25, -0.2) is 9.67 Å². The van der Waals surface area contributed by atoms with E-state index < -0.39 is 4.92 Å². The van der Waals surface area contributed by atoms with Crippen LogP contribution in [0.5, 0.6) is 0 Å². The molecule has 0 aliphatic heterocycles. The largest absolute Gasteiger partial charge is 0.294 e. The molecule has 0 spiro atoms. The van der Waals surface area contributed by atoms with Crippen LogP contribution in [-0.4, -0.2) is 19.7 Å². The molecule has 0 unspecified atom stereocenters. The van der Waals surface area contributed by atoms with E-state index in [4.69, 9.17) is 0 Å². The molecule has 0 fully saturated rings. The van der Waals surface area contributed by atoms with Gasteiger partial charge in [0.15, 0.2) is 5.65 Å². The third-order valence-corrected chi connectivity index (χ3v) is 3.29. The first-order valence-corrected chi connectivity index (χ1v) is 6.21. The van der Waals surface area contributed by atoms with Gasteiger partial charge in [0.2, 0.25) is 0 Å². The second kappa shape index (κ2) is 4.43. The summed E-state index contributed by atoms with van der Waals surface area (Å²) >= 11 is 3.33. The van der Waals surface area contributed by atoms with Gasteiger partial charge in [-0.3, -0.25) is 10.1 Å². The number of rotatable bonds is 2. The molecule has 19 heavy (non-hydrogen) atoms. The molecule has 6 nitrogen and oxygen atoms in total. The monoisotopic (exact) mass is 318 g/mol. The zero-order valence-corrected chi connectivity index (χ0v) is 11.1. The predicted octanol–water partition coefficient (Wildman–Crippen LogP) is 3.09. The lowest BCUT2D eigenvalue weighted by atomic mass is 10.2. The maximum atomic E-state index is 11.1. The second-order valence-electron chi connectivity index (χ2n) is 3.82. The summed E-state index contributed by atoms with van der Waals surface area (Å²) in [4.78, 5) is 14.9. The second-order valence-corrected chi connectivity index (χ2v) is 4.57. The summed E-state index contributed by atoms with van der Waals surface area (Å²) in [5.41, 5.74) is 0.954. The van der Waals surface area contributed by atoms with E-state index in [1.165, 1.54) is 10.7 Å². The van der Waals surface area contributed by atoms with Crippen LogP contribution in [0.3, 0.4) is 0 Å². The van der Waals surface area contributed by atoms with Gasteiger partial charge in [-0.1, -0.05) is 12.1 Å². The van der Waals surface area contributed by atoms with Crippen LogP contribution in [0.2, 0.25) is 0 Å². The molecule has 1 aromatic carbocycles. The summed E-state index contributed by atoms with van der Waals surface area (Å²) in [6.45, 7) is 0. The van der Waals surface area contributed by atoms with Crippen LogP contribution in [0.4, 0.5) is 5.69 Å². The van der Waals surface area contributed by atoms with Gasteiger partial charge in [0.1, 0.15) is 10.3 Å². The van der Waals surface area contributed by atoms with Crippen LogP contribution < -0.4 is 0 Å². The molecule has 0 bridgehead atoms. The van der Waals surface area contributed by atoms with E-state index in [-0.39, 0.29) is 5.69 Å². The maximum Gasteiger partial charge on any atom is 0.294 e. The first-order valence-electron chi connectivity index (χ1n) is 5.41. The number of fused-ring (bicyclic) bond motifs is 1. The Bertz CT molecular complexity index is 784. The normalized spacial score (nSPS) is 10.8. The van der Waals surface area contributed by atoms with Crippen molar-refractivity contribution in [2.75, 3.05) is 0 Å². The minimum absolute atomic E-state index is 0.00921. The first kappa shape index (κ1) is 11.8. The lowest BCUT2D eigenvalue weighted by molar-refractivity contribution is -0.384. The molecular formula is C12H7BrN4O2. The number of nitro groups is 1. The number of nitrogens with zero attached hydrogens (tertiary/aromatic N) is 4. The minimum atomic E-state index is -0.431. The van der Waals surface area contributed by atoms with E-state index in [0.29, 0.717) is 15.9 Å². The molecule has 3 aromatic rings. The predicted molar refractivity (Wildman–Crippen MR) is 73.2 cm³/mol. The molecule has 0 amide bonds. The Balaban J connectivity index is 2.34. The van der Waals surface area contributed by atoms with Gasteiger partial charge in [0, 0.05) is 12.3 Å². The molecule has 0 radical (unpaired) electrons. The van der Waals surface area contributed by atoms with Crippen LogP contribution in [0.1, 0.15) is 0 Å². The Kier molecular flexibility index (Phi) is 2.75. The van der Waals surface area contributed by atoms with Crippen molar-refractivity contribution in [3.63, 3.8) is 0 Å². The highest BCUT2D eigenvalue weighted by Gasteiger charge is 2.18. The van der Waals surface area contributed by atoms with Crippen molar-refractivity contribution in [3.05, 3.63) is 57.3 Å². The Labute approximate surface area is 116 Å². The van der Waals surface area contributed by atoms with Crippen LogP contribution >= 0.6 is 15.9 Å². The maximum absolute atomic E-state index is 11.1. The van der Waals surface area contributed by atoms with Crippen molar-refractivity contribution in [3.8, 4) is 5.69 Å². The quantitative estimate of drug-likeness (QED) is 0.537. The number of benzene rings is 1. The SMILES string of the molecule is O=[N+]([O-])c1ccccc1-n1nc(Br)c2cccnc21. The summed E-state index contributed by atoms with van der Waals surface area (Å²) in [5.74, 6) is 0. The number of pyridine rings is 1. The average Bonchev–Trinajstić information content (AvgIpc) is 2.77. The lowest BCUT2D eigenvalue weighted by Gasteiger charge is -2.03. The van der Waals surface area contributed by atoms with Gasteiger partial charge in [0.05, 0.1) is 10.3 Å². The molecule has 3 rings (SSSR count). The molecule has 0 atom stereocenters. The fourth-order valence-corrected chi connectivity index (χ4v) is 2.35. The molecule has 0 saturated carbocycles. The van der Waals surface area contributed by atoms with Crippen molar-refractivity contribution >= 4 is 32.7 Å². The molecular weight excluding hydrogens is 312 g/mol. The summed E-state index contributed by atoms with van der Waals surface area (Å²) in [6, 6.07) is 10.1. The molecule has 94 valence electrons. The highest BCUT2D eigenvalue weighted by atomic mass is 79.9. The van der Waals surface area contributed by atoms with Crippen LogP contribution in [0.25, 0.3) is 16.7 Å². The minimum Gasteiger partial charge on any atom is -0.258 e. The van der Waals surface area contributed by atoms with Crippen LogP contribution in [-0.2, 0) is 0 Å². The van der Waals surface area contributed by atoms with Crippen molar-refractivity contribution in [2.24, 2.45) is 0 Å². The van der Waals surface area contributed by atoms with Crippen molar-refractivity contribution in [1.82, 2.24) is 14.8 Å². The molecule has 0 aliphatic carbocycles. The van der Waals surface area contributed by atoms with E-state index in [9.17, 15) is 10.1 Å². The Hall–Kier alpha value is -2.28. The van der Waals surface area contributed by atoms with E-state index in [0.717, 1.165) is 5.39 Å². The van der Waals surface area contributed by atoms with Gasteiger partial charge in [-0.15, -0.1) is 0 Å². The average molecular weight is 319 g/mol. The molecule has 0 aliphatic rings. The van der Waals surface area contributed by atoms with E-state index >= 15 is 0 Å². The number of hydrogen-bond acceptors (Lipinski definition) is 4. The number of aromatic nitrogens is 3. The smallest absolute Gasteiger partial charge is 0.258 e. The standard InChI is InChI=1S/C12H7BrN4O2/c13-11-8-4-3-7-14-12(8)16(15-11)9-5-1-2-6-10(9)17(18)19/h1-7H. The van der Waals surface area contributed by atoms with Gasteiger partial charge >= 0.3 is 0 Å². The van der Waals surface area contributed by atoms with Gasteiger partial charge < -0.3 is 0 Å². The van der Waals surface area contributed by atoms with E-state index in [2.05, 4.69) is 26.0 Å². The topological polar surface area (TPSA) is 73.8 Å². The molecule has 2 heterocycles. The summed E-state index contributed by atoms with van der Waals surface area (Å²) in [6.07, 6.45) is 1.63. The molecule has 7 heteroatoms. The van der Waals surface area contributed by atoms with Gasteiger partial charge in [-0.2, -0.15) is 5.10 Å². The van der Waals surface area contributed by atoms with Gasteiger partial charge in [-0.05, 0) is 34.1 Å². The van der Waals surface area contributed by atoms with Crippen LogP contribution in [0.15, 0.2) is 47.2 Å². The molecule has 0 saturated heterocycles. The zero-order chi connectivity index (χ0) is 13.4. The van der Waals surface area contributed by atoms with Crippen molar-refractivity contribution in [2.45, 2.75) is 0 Å². The number of para-hydroxylation sites is 2. The van der Waals surface area contributed by atoms with E-state index in [1.54, 1.807) is 30.5 Å². The van der Waals surface area contributed by atoms with Crippen molar-refractivity contribution in [1.29, 1.82) is 0 Å². The Morgan fingerprint density at radius 2 is 2.00 bits per heavy atom. The summed E-state index contributed by atoms with van der Waals surface area (Å²) in [5, 5.41) is 16.1. The number of halogens is 1. The molecule has 2 aromatic heterocycles. The summed E-state index contributed by atoms with van der Waals surface area (Å²) in [7, 11) is 0. The Morgan fingerprint density at radius 3 is 2.79 bits per heavy atom. The third-order valence-electron chi connectivity index (χ3n) is 2.70. The first-order chi connectivity index (χ1) is 9.18. The van der Waals surface area contributed by atoms with Gasteiger partial charge in [0.25, 0.3) is 5.69 Å². The number of nitro benzene ring substituents is 1. The van der Waals surface area contributed by atoms with Crippen LogP contribution in [0, 0.1) is 10.1 Å². The number of hydrogen-bond donors (Lipinski definition) is 0. The third kappa shape index (κ3) is 1.88. The fraction of sp³-hybridized carbons (Fsp3) is 0. The van der Waals surface area contributed by atoms with Crippen molar-refractivity contribution < 1.29 is 4.92 Å². The summed E-state index contributed by atoms with van der Waals surface area (Å²) < 4.78 is 2.08. The lowest BCUT2D eigenvalue weighted by Crippen LogP contribution is -2.02. The molecule has 0 N–H and O–H groups in total. The highest BCUT2D eigenvalue weighted by Crippen LogP contribution is 2.28. The zero-order valence-electron chi connectivity index (χ0n) is 9.52. The van der Waals surface area contributed by atoms with E-state index in [1.807, 2.05) is 6.07 Å². The highest BCUT2D eigenvalue weighted by molar-refractivity contribution is 9.10.